The molecule has 134 valence electrons. The van der Waals surface area contributed by atoms with Gasteiger partial charge in [-0.15, -0.1) is 0 Å². The highest BCUT2D eigenvalue weighted by molar-refractivity contribution is 6.21. The van der Waals surface area contributed by atoms with Gasteiger partial charge in [-0.2, -0.15) is 0 Å². The molecule has 0 saturated carbocycles. The minimum atomic E-state index is -0.727. The molecule has 2 N–H and O–H groups in total. The van der Waals surface area contributed by atoms with Crippen molar-refractivity contribution in [3.05, 3.63) is 59.7 Å². The van der Waals surface area contributed by atoms with Gasteiger partial charge >= 0.3 is 5.97 Å². The van der Waals surface area contributed by atoms with Crippen LogP contribution in [0.4, 0.5) is 17.4 Å². The van der Waals surface area contributed by atoms with Gasteiger partial charge in [-0.05, 0) is 30.3 Å². The van der Waals surface area contributed by atoms with Gasteiger partial charge in [-0.25, -0.2) is 14.8 Å². The SMILES string of the molecule is COC(=O)c1c(Nc2cccnc2)oc(C=C2C=Nc3ncccc32)c1O. The van der Waals surface area contributed by atoms with Crippen molar-refractivity contribution >= 4 is 41.2 Å². The third-order valence-corrected chi connectivity index (χ3v) is 3.93. The molecular formula is C19H14N4O4. The van der Waals surface area contributed by atoms with E-state index in [1.807, 2.05) is 6.07 Å². The fraction of sp³-hybridized carbons (Fsp3) is 0.0526. The molecule has 0 unspecified atom stereocenters. The van der Waals surface area contributed by atoms with Crippen molar-refractivity contribution in [3.63, 3.8) is 0 Å². The number of methoxy groups -OCH3 is 1. The molecule has 4 rings (SSSR count). The average Bonchev–Trinajstić information content (AvgIpc) is 3.24. The lowest BCUT2D eigenvalue weighted by atomic mass is 10.1. The van der Waals surface area contributed by atoms with E-state index in [-0.39, 0.29) is 23.0 Å². The molecule has 1 aliphatic heterocycles. The number of ether oxygens (including phenoxy) is 1. The zero-order valence-corrected chi connectivity index (χ0v) is 14.2. The number of hydrogen-bond donors (Lipinski definition) is 2. The average molecular weight is 362 g/mol. The summed E-state index contributed by atoms with van der Waals surface area (Å²) < 4.78 is 10.5. The number of carbonyl (C=O) groups is 1. The van der Waals surface area contributed by atoms with Crippen LogP contribution in [0.3, 0.4) is 0 Å². The van der Waals surface area contributed by atoms with Gasteiger partial charge < -0.3 is 19.6 Å². The van der Waals surface area contributed by atoms with Crippen molar-refractivity contribution in [3.8, 4) is 5.75 Å². The van der Waals surface area contributed by atoms with Crippen molar-refractivity contribution in [2.24, 2.45) is 4.99 Å². The molecule has 3 aromatic heterocycles. The lowest BCUT2D eigenvalue weighted by Crippen LogP contribution is -2.03. The summed E-state index contributed by atoms with van der Waals surface area (Å²) in [7, 11) is 1.23. The molecule has 0 spiro atoms. The largest absolute Gasteiger partial charge is 0.504 e. The number of aliphatic imine (C=N–C) groups is 1. The summed E-state index contributed by atoms with van der Waals surface area (Å²) in [6.45, 7) is 0. The van der Waals surface area contributed by atoms with E-state index < -0.39 is 5.97 Å². The minimum Gasteiger partial charge on any atom is -0.504 e. The molecule has 8 heteroatoms. The Bertz CT molecular complexity index is 1070. The fourth-order valence-electron chi connectivity index (χ4n) is 2.67. The molecule has 27 heavy (non-hydrogen) atoms. The van der Waals surface area contributed by atoms with Crippen LogP contribution in [0.25, 0.3) is 11.6 Å². The van der Waals surface area contributed by atoms with Crippen molar-refractivity contribution in [1.82, 2.24) is 9.97 Å². The Balaban J connectivity index is 1.77. The van der Waals surface area contributed by atoms with E-state index in [2.05, 4.69) is 20.3 Å². The molecule has 8 nitrogen and oxygen atoms in total. The third-order valence-electron chi connectivity index (χ3n) is 3.93. The second kappa shape index (κ2) is 6.75. The number of hydrogen-bond acceptors (Lipinski definition) is 8. The second-order valence-corrected chi connectivity index (χ2v) is 5.61. The summed E-state index contributed by atoms with van der Waals surface area (Å²) in [5.41, 5.74) is 1.99. The van der Waals surface area contributed by atoms with E-state index in [1.54, 1.807) is 49.1 Å². The third kappa shape index (κ3) is 3.04. The molecule has 0 saturated heterocycles. The Morgan fingerprint density at radius 2 is 2.15 bits per heavy atom. The molecule has 0 aromatic carbocycles. The fourth-order valence-corrected chi connectivity index (χ4v) is 2.67. The first kappa shape index (κ1) is 16.5. The van der Waals surface area contributed by atoms with Crippen molar-refractivity contribution < 1.29 is 19.1 Å². The van der Waals surface area contributed by atoms with Crippen LogP contribution in [0.1, 0.15) is 21.7 Å². The normalized spacial score (nSPS) is 13.6. The molecule has 0 fully saturated rings. The van der Waals surface area contributed by atoms with Gasteiger partial charge in [-0.1, -0.05) is 0 Å². The highest BCUT2D eigenvalue weighted by atomic mass is 16.5. The van der Waals surface area contributed by atoms with Gasteiger partial charge in [0.2, 0.25) is 5.88 Å². The minimum absolute atomic E-state index is 0.0561. The van der Waals surface area contributed by atoms with Gasteiger partial charge in [0.25, 0.3) is 0 Å². The van der Waals surface area contributed by atoms with Crippen molar-refractivity contribution in [2.75, 3.05) is 12.4 Å². The van der Waals surface area contributed by atoms with Crippen LogP contribution in [0.2, 0.25) is 0 Å². The van der Waals surface area contributed by atoms with Gasteiger partial charge in [0.15, 0.2) is 22.9 Å². The van der Waals surface area contributed by atoms with Crippen LogP contribution < -0.4 is 5.32 Å². The number of aromatic hydroxyl groups is 1. The maximum atomic E-state index is 12.1. The summed E-state index contributed by atoms with van der Waals surface area (Å²) >= 11 is 0. The number of nitrogens with zero attached hydrogens (tertiary/aromatic N) is 3. The summed E-state index contributed by atoms with van der Waals surface area (Å²) in [5, 5.41) is 13.5. The number of esters is 1. The molecule has 0 amide bonds. The van der Waals surface area contributed by atoms with Crippen LogP contribution >= 0.6 is 0 Å². The highest BCUT2D eigenvalue weighted by Crippen LogP contribution is 2.39. The molecule has 1 aliphatic rings. The maximum Gasteiger partial charge on any atom is 0.347 e. The summed E-state index contributed by atoms with van der Waals surface area (Å²) in [6.07, 6.45) is 8.03. The monoisotopic (exact) mass is 362 g/mol. The first-order valence-corrected chi connectivity index (χ1v) is 7.99. The zero-order valence-electron chi connectivity index (χ0n) is 14.2. The predicted octanol–water partition coefficient (Wildman–Crippen LogP) is 3.56. The molecule has 0 aliphatic carbocycles. The van der Waals surface area contributed by atoms with Crippen molar-refractivity contribution in [2.45, 2.75) is 0 Å². The number of nitrogens with one attached hydrogen (secondary N) is 1. The Morgan fingerprint density at radius 3 is 2.93 bits per heavy atom. The number of allylic oxidation sites excluding steroid dienone is 1. The topological polar surface area (TPSA) is 110 Å². The quantitative estimate of drug-likeness (QED) is 0.683. The molecule has 0 radical (unpaired) electrons. The van der Waals surface area contributed by atoms with E-state index in [1.165, 1.54) is 7.11 Å². The van der Waals surface area contributed by atoms with E-state index >= 15 is 0 Å². The van der Waals surface area contributed by atoms with E-state index in [4.69, 9.17) is 9.15 Å². The lowest BCUT2D eigenvalue weighted by molar-refractivity contribution is 0.0598. The smallest absolute Gasteiger partial charge is 0.347 e. The van der Waals surface area contributed by atoms with Crippen LogP contribution in [0, 0.1) is 0 Å². The van der Waals surface area contributed by atoms with E-state index in [0.717, 1.165) is 5.56 Å². The summed E-state index contributed by atoms with van der Waals surface area (Å²) in [6, 6.07) is 7.12. The summed E-state index contributed by atoms with van der Waals surface area (Å²) in [4.78, 5) is 24.5. The van der Waals surface area contributed by atoms with Crippen LogP contribution in [-0.4, -0.2) is 34.4 Å². The van der Waals surface area contributed by atoms with E-state index in [0.29, 0.717) is 17.1 Å². The van der Waals surface area contributed by atoms with Crippen LogP contribution in [0.15, 0.2) is 52.3 Å². The molecule has 0 atom stereocenters. The Kier molecular flexibility index (Phi) is 4.13. The second-order valence-electron chi connectivity index (χ2n) is 5.61. The Labute approximate surface area is 153 Å². The van der Waals surface area contributed by atoms with Gasteiger partial charge in [-0.3, -0.25) is 4.98 Å². The predicted molar refractivity (Wildman–Crippen MR) is 99.5 cm³/mol. The number of fused-ring (bicyclic) bond motifs is 1. The Hall–Kier alpha value is -3.94. The van der Waals surface area contributed by atoms with Crippen molar-refractivity contribution in [1.29, 1.82) is 0 Å². The van der Waals surface area contributed by atoms with E-state index in [9.17, 15) is 9.90 Å². The van der Waals surface area contributed by atoms with Gasteiger partial charge in [0, 0.05) is 29.7 Å². The standard InChI is InChI=1S/C19H14N4O4/c1-26-19(25)15-16(24)14(27-18(15)23-12-4-2-6-20-10-12)8-11-9-22-17-13(11)5-3-7-21-17/h2-10,23-24H,1H3. The number of aromatic nitrogens is 2. The van der Waals surface area contributed by atoms with Crippen LogP contribution in [0.5, 0.6) is 5.75 Å². The molecule has 0 bridgehead atoms. The van der Waals surface area contributed by atoms with Gasteiger partial charge in [0.05, 0.1) is 19.0 Å². The Morgan fingerprint density at radius 1 is 1.30 bits per heavy atom. The maximum absolute atomic E-state index is 12.1. The van der Waals surface area contributed by atoms with Crippen LogP contribution in [-0.2, 0) is 4.74 Å². The highest BCUT2D eigenvalue weighted by Gasteiger charge is 2.27. The molecular weight excluding hydrogens is 348 g/mol. The number of carbonyl (C=O) groups excluding carboxylic acids is 1. The lowest BCUT2D eigenvalue weighted by Gasteiger charge is -2.04. The number of anilines is 2. The number of pyridine rings is 2. The first-order chi connectivity index (χ1) is 13.2. The first-order valence-electron chi connectivity index (χ1n) is 7.99. The molecule has 4 heterocycles. The summed E-state index contributed by atoms with van der Waals surface area (Å²) in [5.74, 6) is -0.321. The van der Waals surface area contributed by atoms with Gasteiger partial charge in [0.1, 0.15) is 0 Å². The molecule has 3 aromatic rings. The zero-order chi connectivity index (χ0) is 18.8. The number of rotatable bonds is 4. The number of furan rings is 1.